The van der Waals surface area contributed by atoms with Gasteiger partial charge in [0, 0.05) is 11.3 Å². The average molecular weight is 314 g/mol. The smallest absolute Gasteiger partial charge is 0.133 e. The minimum Gasteiger partial charge on any atom is -0.389 e. The first-order valence-electron chi connectivity index (χ1n) is 9.48. The van der Waals surface area contributed by atoms with Crippen LogP contribution in [0.2, 0.25) is 0 Å². The fraction of sp³-hybridized carbons (Fsp3) is 0.762. The number of fused-ring (bicyclic) bond motifs is 4. The van der Waals surface area contributed by atoms with Gasteiger partial charge in [-0.15, -0.1) is 0 Å². The van der Waals surface area contributed by atoms with E-state index in [2.05, 4.69) is 19.9 Å². The molecule has 1 unspecified atom stereocenters. The molecule has 4 aliphatic rings. The molecule has 2 heteroatoms. The lowest BCUT2D eigenvalue weighted by atomic mass is 9.53. The van der Waals surface area contributed by atoms with Crippen molar-refractivity contribution in [3.8, 4) is 0 Å². The molecule has 0 heterocycles. The van der Waals surface area contributed by atoms with Gasteiger partial charge in [0.1, 0.15) is 5.78 Å². The van der Waals surface area contributed by atoms with Crippen LogP contribution in [0.15, 0.2) is 22.8 Å². The molecule has 0 aromatic carbocycles. The summed E-state index contributed by atoms with van der Waals surface area (Å²) in [5.74, 6) is 1.31. The van der Waals surface area contributed by atoms with Crippen molar-refractivity contribution in [3.05, 3.63) is 22.8 Å². The zero-order valence-electron chi connectivity index (χ0n) is 14.8. The van der Waals surface area contributed by atoms with E-state index in [1.807, 2.05) is 0 Å². The Morgan fingerprint density at radius 1 is 1.13 bits per heavy atom. The number of aliphatic hydroxyl groups excluding tert-OH is 1. The van der Waals surface area contributed by atoms with Crippen molar-refractivity contribution < 1.29 is 9.90 Å². The molecular weight excluding hydrogens is 284 g/mol. The first-order chi connectivity index (χ1) is 10.9. The fourth-order valence-electron chi connectivity index (χ4n) is 6.61. The molecule has 1 fully saturated rings. The number of hydrogen-bond acceptors (Lipinski definition) is 2. The van der Waals surface area contributed by atoms with Crippen LogP contribution in [0, 0.1) is 22.7 Å². The van der Waals surface area contributed by atoms with Gasteiger partial charge in [-0.3, -0.25) is 4.79 Å². The lowest BCUT2D eigenvalue weighted by Gasteiger charge is -2.51. The molecule has 0 amide bonds. The van der Waals surface area contributed by atoms with Gasteiger partial charge in [-0.1, -0.05) is 36.6 Å². The molecular formula is C21H30O2. The van der Waals surface area contributed by atoms with Gasteiger partial charge >= 0.3 is 0 Å². The summed E-state index contributed by atoms with van der Waals surface area (Å²) in [4.78, 5) is 12.1. The van der Waals surface area contributed by atoms with Gasteiger partial charge in [0.2, 0.25) is 0 Å². The van der Waals surface area contributed by atoms with E-state index in [1.54, 1.807) is 18.1 Å². The van der Waals surface area contributed by atoms with E-state index in [0.717, 1.165) is 38.5 Å². The molecule has 0 aromatic rings. The maximum atomic E-state index is 12.1. The highest BCUT2D eigenvalue weighted by Gasteiger charge is 2.54. The monoisotopic (exact) mass is 314 g/mol. The second kappa shape index (κ2) is 5.05. The van der Waals surface area contributed by atoms with Crippen LogP contribution < -0.4 is 0 Å². The Balaban J connectivity index is 1.76. The zero-order chi connectivity index (χ0) is 16.4. The first-order valence-corrected chi connectivity index (χ1v) is 9.48. The van der Waals surface area contributed by atoms with Gasteiger partial charge < -0.3 is 5.11 Å². The molecule has 23 heavy (non-hydrogen) atoms. The molecule has 0 aromatic heterocycles. The van der Waals surface area contributed by atoms with Crippen LogP contribution in [0.25, 0.3) is 0 Å². The second-order valence-corrected chi connectivity index (χ2v) is 8.93. The number of carbonyl (C=O) groups excluding carboxylic acids is 1. The topological polar surface area (TPSA) is 37.3 Å². The molecule has 1 N–H and O–H groups in total. The highest BCUT2D eigenvalue weighted by Crippen LogP contribution is 2.64. The lowest BCUT2D eigenvalue weighted by Crippen LogP contribution is -2.42. The number of allylic oxidation sites excluding steroid dienone is 3. The molecule has 2 nitrogen and oxygen atoms in total. The highest BCUT2D eigenvalue weighted by molar-refractivity contribution is 5.79. The highest BCUT2D eigenvalue weighted by atomic mass is 16.3. The van der Waals surface area contributed by atoms with E-state index in [-0.39, 0.29) is 22.9 Å². The summed E-state index contributed by atoms with van der Waals surface area (Å²) in [5, 5.41) is 10.0. The van der Waals surface area contributed by atoms with Crippen molar-refractivity contribution in [2.45, 2.75) is 78.2 Å². The van der Waals surface area contributed by atoms with E-state index >= 15 is 0 Å². The Hall–Kier alpha value is -0.890. The Morgan fingerprint density at radius 3 is 2.65 bits per heavy atom. The van der Waals surface area contributed by atoms with Crippen LogP contribution in [-0.2, 0) is 4.79 Å². The minimum atomic E-state index is -0.234. The van der Waals surface area contributed by atoms with Gasteiger partial charge in [-0.05, 0) is 69.6 Å². The molecule has 0 saturated heterocycles. The summed E-state index contributed by atoms with van der Waals surface area (Å²) in [5.41, 5.74) is 5.28. The van der Waals surface area contributed by atoms with Crippen molar-refractivity contribution in [1.82, 2.24) is 0 Å². The molecule has 5 atom stereocenters. The van der Waals surface area contributed by atoms with Crippen molar-refractivity contribution in [1.29, 1.82) is 0 Å². The lowest BCUT2D eigenvalue weighted by molar-refractivity contribution is -0.124. The number of carbonyl (C=O) groups is 1. The first kappa shape index (κ1) is 15.6. The molecule has 0 aliphatic heterocycles. The van der Waals surface area contributed by atoms with Crippen LogP contribution in [0.4, 0.5) is 0 Å². The molecule has 1 saturated carbocycles. The normalized spacial score (nSPS) is 45.9. The quantitative estimate of drug-likeness (QED) is 0.719. The van der Waals surface area contributed by atoms with Crippen molar-refractivity contribution in [2.75, 3.05) is 0 Å². The van der Waals surface area contributed by atoms with Crippen molar-refractivity contribution in [2.24, 2.45) is 22.7 Å². The van der Waals surface area contributed by atoms with Crippen molar-refractivity contribution >= 4 is 5.78 Å². The molecule has 4 rings (SSSR count). The van der Waals surface area contributed by atoms with Crippen molar-refractivity contribution in [3.63, 3.8) is 0 Å². The van der Waals surface area contributed by atoms with Crippen LogP contribution in [0.5, 0.6) is 0 Å². The number of hydrogen-bond donors (Lipinski definition) is 1. The summed E-state index contributed by atoms with van der Waals surface area (Å²) < 4.78 is 0. The summed E-state index contributed by atoms with van der Waals surface area (Å²) in [6, 6.07) is 0. The predicted molar refractivity (Wildman–Crippen MR) is 91.9 cm³/mol. The van der Waals surface area contributed by atoms with Gasteiger partial charge in [0.25, 0.3) is 0 Å². The fourth-order valence-corrected chi connectivity index (χ4v) is 6.61. The van der Waals surface area contributed by atoms with Gasteiger partial charge in [-0.2, -0.15) is 0 Å². The Bertz CT molecular complexity index is 613. The minimum absolute atomic E-state index is 0.197. The third-order valence-electron chi connectivity index (χ3n) is 7.92. The van der Waals surface area contributed by atoms with E-state index in [9.17, 15) is 9.90 Å². The summed E-state index contributed by atoms with van der Waals surface area (Å²) in [6.07, 6.45) is 10.8. The van der Waals surface area contributed by atoms with E-state index in [1.165, 1.54) is 18.4 Å². The van der Waals surface area contributed by atoms with E-state index < -0.39 is 0 Å². The molecule has 4 aliphatic carbocycles. The van der Waals surface area contributed by atoms with E-state index in [0.29, 0.717) is 11.7 Å². The Morgan fingerprint density at radius 2 is 1.91 bits per heavy atom. The summed E-state index contributed by atoms with van der Waals surface area (Å²) >= 11 is 0. The summed E-state index contributed by atoms with van der Waals surface area (Å²) in [6.45, 7) is 6.60. The van der Waals surface area contributed by atoms with Crippen LogP contribution in [0.1, 0.15) is 72.1 Å². The third kappa shape index (κ3) is 2.06. The second-order valence-electron chi connectivity index (χ2n) is 8.93. The molecule has 0 bridgehead atoms. The number of rotatable bonds is 1. The Labute approximate surface area is 140 Å². The molecule has 126 valence electrons. The van der Waals surface area contributed by atoms with Crippen LogP contribution in [0.3, 0.4) is 0 Å². The number of ketones is 1. The van der Waals surface area contributed by atoms with E-state index in [4.69, 9.17) is 0 Å². The standard InChI is InChI=1S/C21H30O2/c1-13(22)17-6-7-18-16-5-4-14-12-15(23)8-10-20(14,2)19(16)9-11-21(17,18)3/h12,15,17-18,23H,4-11H2,1-3H3/t15?,17-,18+,20+,21-/m1/s1. The third-order valence-corrected chi connectivity index (χ3v) is 7.92. The van der Waals surface area contributed by atoms with Gasteiger partial charge in [0.15, 0.2) is 0 Å². The largest absolute Gasteiger partial charge is 0.389 e. The average Bonchev–Trinajstić information content (AvgIpc) is 2.85. The predicted octanol–water partition coefficient (Wildman–Crippen LogP) is 4.58. The van der Waals surface area contributed by atoms with Gasteiger partial charge in [-0.25, -0.2) is 0 Å². The summed E-state index contributed by atoms with van der Waals surface area (Å²) in [7, 11) is 0. The van der Waals surface area contributed by atoms with Crippen LogP contribution >= 0.6 is 0 Å². The maximum Gasteiger partial charge on any atom is 0.133 e. The SMILES string of the molecule is CC(=O)[C@H]1CC[C@H]2C3=C(CC[C@]12C)[C@@]1(C)CCC(O)C=C1CC3. The Kier molecular flexibility index (Phi) is 3.43. The molecule has 0 radical (unpaired) electrons. The molecule has 0 spiro atoms. The van der Waals surface area contributed by atoms with Crippen LogP contribution in [-0.4, -0.2) is 17.0 Å². The number of Topliss-reactive ketones (excluding diaryl/α,β-unsaturated/α-hetero) is 1. The maximum absolute atomic E-state index is 12.1. The number of aliphatic hydroxyl groups is 1. The van der Waals surface area contributed by atoms with Gasteiger partial charge in [0.05, 0.1) is 6.10 Å². The zero-order valence-corrected chi connectivity index (χ0v) is 14.8.